The molecule has 1 aromatic rings. The van der Waals surface area contributed by atoms with Crippen molar-refractivity contribution in [3.63, 3.8) is 0 Å². The van der Waals surface area contributed by atoms with E-state index in [1.165, 1.54) is 0 Å². The number of nitrogens with one attached hydrogen (secondary N) is 2. The first-order valence-electron chi connectivity index (χ1n) is 6.14. The molecule has 0 aliphatic heterocycles. The molecule has 0 atom stereocenters. The molecule has 0 bridgehead atoms. The van der Waals surface area contributed by atoms with Gasteiger partial charge in [-0.2, -0.15) is 0 Å². The van der Waals surface area contributed by atoms with Crippen LogP contribution in [0.3, 0.4) is 0 Å². The standard InChI is InChI=1S/C12H22N4O/c1-11(2)15-12(17)9-13-5-3-4-7-16-8-6-14-10-16/h6,8,10-11,13H,3-5,7,9H2,1-2H3,(H,15,17). The molecular formula is C12H22N4O. The average molecular weight is 238 g/mol. The largest absolute Gasteiger partial charge is 0.353 e. The number of hydrogen-bond donors (Lipinski definition) is 2. The lowest BCUT2D eigenvalue weighted by molar-refractivity contribution is -0.120. The summed E-state index contributed by atoms with van der Waals surface area (Å²) in [5.74, 6) is 0.0645. The van der Waals surface area contributed by atoms with Crippen molar-refractivity contribution in [3.8, 4) is 0 Å². The summed E-state index contributed by atoms with van der Waals surface area (Å²) >= 11 is 0. The summed E-state index contributed by atoms with van der Waals surface area (Å²) in [4.78, 5) is 15.3. The van der Waals surface area contributed by atoms with Gasteiger partial charge >= 0.3 is 0 Å². The Morgan fingerprint density at radius 1 is 1.41 bits per heavy atom. The highest BCUT2D eigenvalue weighted by Crippen LogP contribution is 1.93. The van der Waals surface area contributed by atoms with Crippen molar-refractivity contribution in [2.45, 2.75) is 39.3 Å². The van der Waals surface area contributed by atoms with Crippen LogP contribution in [0.1, 0.15) is 26.7 Å². The van der Waals surface area contributed by atoms with Gasteiger partial charge in [0.25, 0.3) is 0 Å². The third-order valence-electron chi connectivity index (χ3n) is 2.31. The third kappa shape index (κ3) is 6.73. The van der Waals surface area contributed by atoms with E-state index in [-0.39, 0.29) is 11.9 Å². The number of imidazole rings is 1. The van der Waals surface area contributed by atoms with Gasteiger partial charge in [-0.05, 0) is 33.2 Å². The second-order valence-electron chi connectivity index (χ2n) is 4.41. The highest BCUT2D eigenvalue weighted by Gasteiger charge is 2.01. The Hall–Kier alpha value is -1.36. The molecule has 5 heteroatoms. The van der Waals surface area contributed by atoms with Crippen LogP contribution >= 0.6 is 0 Å². The SMILES string of the molecule is CC(C)NC(=O)CNCCCCn1ccnc1. The number of aryl methyl sites for hydroxylation is 1. The minimum Gasteiger partial charge on any atom is -0.353 e. The number of carbonyl (C=O) groups is 1. The maximum Gasteiger partial charge on any atom is 0.234 e. The summed E-state index contributed by atoms with van der Waals surface area (Å²) in [6.45, 7) is 6.19. The molecule has 0 unspecified atom stereocenters. The number of rotatable bonds is 8. The molecule has 1 aromatic heterocycles. The van der Waals surface area contributed by atoms with Gasteiger partial charge in [0.05, 0.1) is 12.9 Å². The van der Waals surface area contributed by atoms with Gasteiger partial charge in [-0.3, -0.25) is 4.79 Å². The zero-order valence-corrected chi connectivity index (χ0v) is 10.6. The van der Waals surface area contributed by atoms with Gasteiger partial charge in [0.15, 0.2) is 0 Å². The lowest BCUT2D eigenvalue weighted by atomic mass is 10.3. The number of amides is 1. The molecule has 0 aromatic carbocycles. The zero-order chi connectivity index (χ0) is 12.5. The van der Waals surface area contributed by atoms with E-state index in [1.807, 2.05) is 26.4 Å². The van der Waals surface area contributed by atoms with E-state index in [0.717, 1.165) is 25.9 Å². The molecule has 0 saturated carbocycles. The first-order chi connectivity index (χ1) is 8.18. The van der Waals surface area contributed by atoms with Gasteiger partial charge in [-0.25, -0.2) is 4.98 Å². The normalized spacial score (nSPS) is 10.8. The van der Waals surface area contributed by atoms with Crippen molar-refractivity contribution in [2.75, 3.05) is 13.1 Å². The molecule has 1 heterocycles. The minimum absolute atomic E-state index is 0.0645. The van der Waals surface area contributed by atoms with Gasteiger partial charge in [0, 0.05) is 25.0 Å². The van der Waals surface area contributed by atoms with E-state index < -0.39 is 0 Å². The monoisotopic (exact) mass is 238 g/mol. The summed E-state index contributed by atoms with van der Waals surface area (Å²) in [6, 6.07) is 0.213. The van der Waals surface area contributed by atoms with Gasteiger partial charge in [-0.1, -0.05) is 0 Å². The molecule has 0 radical (unpaired) electrons. The highest BCUT2D eigenvalue weighted by atomic mass is 16.1. The highest BCUT2D eigenvalue weighted by molar-refractivity contribution is 5.78. The lowest BCUT2D eigenvalue weighted by Crippen LogP contribution is -2.37. The second-order valence-corrected chi connectivity index (χ2v) is 4.41. The molecule has 0 fully saturated rings. The van der Waals surface area contributed by atoms with E-state index in [9.17, 15) is 4.79 Å². The Balaban J connectivity index is 1.92. The molecule has 0 saturated heterocycles. The molecule has 1 amide bonds. The summed E-state index contributed by atoms with van der Waals surface area (Å²) in [5, 5.41) is 5.98. The Labute approximate surface area is 103 Å². The molecule has 5 nitrogen and oxygen atoms in total. The van der Waals surface area contributed by atoms with Gasteiger partial charge in [-0.15, -0.1) is 0 Å². The van der Waals surface area contributed by atoms with Gasteiger partial charge < -0.3 is 15.2 Å². The minimum atomic E-state index is 0.0645. The van der Waals surface area contributed by atoms with Crippen LogP contribution in [0.15, 0.2) is 18.7 Å². The fraction of sp³-hybridized carbons (Fsp3) is 0.667. The molecule has 96 valence electrons. The lowest BCUT2D eigenvalue weighted by Gasteiger charge is -2.09. The maximum atomic E-state index is 11.3. The Morgan fingerprint density at radius 2 is 2.24 bits per heavy atom. The van der Waals surface area contributed by atoms with Crippen LogP contribution in [-0.2, 0) is 11.3 Å². The van der Waals surface area contributed by atoms with E-state index in [1.54, 1.807) is 6.20 Å². The van der Waals surface area contributed by atoms with E-state index in [2.05, 4.69) is 20.2 Å². The van der Waals surface area contributed by atoms with Crippen molar-refractivity contribution in [3.05, 3.63) is 18.7 Å². The first-order valence-corrected chi connectivity index (χ1v) is 6.14. The average Bonchev–Trinajstić information content (AvgIpc) is 2.75. The zero-order valence-electron chi connectivity index (χ0n) is 10.6. The molecule has 17 heavy (non-hydrogen) atoms. The van der Waals surface area contributed by atoms with Crippen molar-refractivity contribution >= 4 is 5.91 Å². The van der Waals surface area contributed by atoms with E-state index in [4.69, 9.17) is 0 Å². The summed E-state index contributed by atoms with van der Waals surface area (Å²) in [7, 11) is 0. The number of hydrogen-bond acceptors (Lipinski definition) is 3. The topological polar surface area (TPSA) is 59.0 Å². The number of carbonyl (C=O) groups excluding carboxylic acids is 1. The van der Waals surface area contributed by atoms with Gasteiger partial charge in [0.2, 0.25) is 5.91 Å². The van der Waals surface area contributed by atoms with E-state index in [0.29, 0.717) is 6.54 Å². The molecule has 0 spiro atoms. The second kappa shape index (κ2) is 7.84. The Morgan fingerprint density at radius 3 is 2.88 bits per heavy atom. The van der Waals surface area contributed by atoms with Crippen LogP contribution in [0.2, 0.25) is 0 Å². The van der Waals surface area contributed by atoms with Crippen LogP contribution in [0.25, 0.3) is 0 Å². The fourth-order valence-electron chi connectivity index (χ4n) is 1.54. The van der Waals surface area contributed by atoms with Crippen LogP contribution in [0.4, 0.5) is 0 Å². The van der Waals surface area contributed by atoms with E-state index >= 15 is 0 Å². The van der Waals surface area contributed by atoms with Crippen molar-refractivity contribution < 1.29 is 4.79 Å². The van der Waals surface area contributed by atoms with Crippen LogP contribution in [-0.4, -0.2) is 34.6 Å². The van der Waals surface area contributed by atoms with Gasteiger partial charge in [0.1, 0.15) is 0 Å². The number of aromatic nitrogens is 2. The molecule has 0 aliphatic carbocycles. The summed E-state index contributed by atoms with van der Waals surface area (Å²) < 4.78 is 2.06. The number of unbranched alkanes of at least 4 members (excludes halogenated alkanes) is 1. The molecule has 0 aliphatic rings. The first kappa shape index (κ1) is 13.7. The van der Waals surface area contributed by atoms with Crippen molar-refractivity contribution in [1.82, 2.24) is 20.2 Å². The van der Waals surface area contributed by atoms with Crippen LogP contribution in [0, 0.1) is 0 Å². The maximum absolute atomic E-state index is 11.3. The molecule has 1 rings (SSSR count). The summed E-state index contributed by atoms with van der Waals surface area (Å²) in [6.07, 6.45) is 7.73. The molecular weight excluding hydrogens is 216 g/mol. The Kier molecular flexibility index (Phi) is 6.32. The molecule has 2 N–H and O–H groups in total. The third-order valence-corrected chi connectivity index (χ3v) is 2.31. The summed E-state index contributed by atoms with van der Waals surface area (Å²) in [5.41, 5.74) is 0. The Bertz CT molecular complexity index is 308. The van der Waals surface area contributed by atoms with Crippen molar-refractivity contribution in [1.29, 1.82) is 0 Å². The predicted octanol–water partition coefficient (Wildman–Crippen LogP) is 0.777. The smallest absolute Gasteiger partial charge is 0.234 e. The quantitative estimate of drug-likeness (QED) is 0.658. The number of nitrogens with zero attached hydrogens (tertiary/aromatic N) is 2. The van der Waals surface area contributed by atoms with Crippen LogP contribution in [0.5, 0.6) is 0 Å². The fourth-order valence-corrected chi connectivity index (χ4v) is 1.54. The van der Waals surface area contributed by atoms with Crippen LogP contribution < -0.4 is 10.6 Å². The predicted molar refractivity (Wildman–Crippen MR) is 67.6 cm³/mol. The van der Waals surface area contributed by atoms with Crippen molar-refractivity contribution in [2.24, 2.45) is 0 Å².